The van der Waals surface area contributed by atoms with E-state index in [4.69, 9.17) is 14.9 Å². The number of hydrogen-bond acceptors (Lipinski definition) is 3. The Morgan fingerprint density at radius 1 is 1.50 bits per heavy atom. The number of hydrogen-bond donors (Lipinski definition) is 2. The summed E-state index contributed by atoms with van der Waals surface area (Å²) >= 11 is 0. The summed E-state index contributed by atoms with van der Waals surface area (Å²) in [5.41, 5.74) is 0. The molecule has 0 saturated heterocycles. The van der Waals surface area contributed by atoms with Crippen LogP contribution in [0.4, 0.5) is 0 Å². The van der Waals surface area contributed by atoms with Crippen LogP contribution in [0.2, 0.25) is 0 Å². The van der Waals surface area contributed by atoms with Crippen molar-refractivity contribution in [3.8, 4) is 0 Å². The van der Waals surface area contributed by atoms with E-state index in [-0.39, 0.29) is 19.8 Å². The monoisotopic (exact) mass is 149 g/mol. The summed E-state index contributed by atoms with van der Waals surface area (Å²) in [5, 5.41) is 27.3. The summed E-state index contributed by atoms with van der Waals surface area (Å²) in [7, 11) is 0. The molecule has 0 aromatic carbocycles. The average molecular weight is 149 g/mol. The van der Waals surface area contributed by atoms with Gasteiger partial charge in [-0.25, -0.2) is 5.11 Å². The van der Waals surface area contributed by atoms with Gasteiger partial charge in [-0.2, -0.15) is 0 Å². The number of rotatable bonds is 5. The molecule has 0 aromatic rings. The normalized spacial score (nSPS) is 16.8. The molecule has 0 amide bonds. The van der Waals surface area contributed by atoms with Crippen LogP contribution in [0.25, 0.3) is 0 Å². The topological polar surface area (TPSA) is 69.6 Å². The van der Waals surface area contributed by atoms with Crippen molar-refractivity contribution in [2.24, 2.45) is 0 Å². The molecule has 0 rings (SSSR count). The van der Waals surface area contributed by atoms with Gasteiger partial charge in [-0.1, -0.05) is 0 Å². The summed E-state index contributed by atoms with van der Waals surface area (Å²) < 4.78 is 4.73. The first-order chi connectivity index (χ1) is 4.66. The van der Waals surface area contributed by atoms with Gasteiger partial charge in [0.05, 0.1) is 19.8 Å². The van der Waals surface area contributed by atoms with Crippen molar-refractivity contribution in [2.75, 3.05) is 19.8 Å². The summed E-state index contributed by atoms with van der Waals surface area (Å²) in [6.45, 7) is 1.26. The first-order valence-corrected chi connectivity index (χ1v) is 3.19. The third-order valence-corrected chi connectivity index (χ3v) is 0.874. The Balaban J connectivity index is 3.03. The largest absolute Gasteiger partial charge is 0.394 e. The fourth-order valence-electron chi connectivity index (χ4n) is 0.423. The highest BCUT2D eigenvalue weighted by Crippen LogP contribution is 1.87. The minimum absolute atomic E-state index is 0.0308. The highest BCUT2D eigenvalue weighted by Gasteiger charge is 2.02. The Bertz CT molecular complexity index is 74.1. The summed E-state index contributed by atoms with van der Waals surface area (Å²) in [6.07, 6.45) is -1.63. The van der Waals surface area contributed by atoms with Crippen LogP contribution in [0.3, 0.4) is 0 Å². The molecule has 0 aliphatic carbocycles. The highest BCUT2D eigenvalue weighted by molar-refractivity contribution is 4.49. The van der Waals surface area contributed by atoms with E-state index in [1.54, 1.807) is 0 Å². The maximum Gasteiger partial charge on any atom is 0.113 e. The Morgan fingerprint density at radius 3 is 2.50 bits per heavy atom. The second kappa shape index (κ2) is 5.61. The van der Waals surface area contributed by atoms with E-state index < -0.39 is 12.2 Å². The van der Waals surface area contributed by atoms with E-state index in [1.807, 2.05) is 0 Å². The van der Waals surface area contributed by atoms with Gasteiger partial charge in [0.15, 0.2) is 0 Å². The van der Waals surface area contributed by atoms with Crippen molar-refractivity contribution >= 4 is 0 Å². The van der Waals surface area contributed by atoms with Crippen LogP contribution in [0.1, 0.15) is 6.92 Å². The van der Waals surface area contributed by atoms with Gasteiger partial charge in [0.1, 0.15) is 12.2 Å². The second-order valence-electron chi connectivity index (χ2n) is 2.18. The number of aliphatic hydroxyl groups is 2. The van der Waals surface area contributed by atoms with Crippen molar-refractivity contribution in [3.05, 3.63) is 0 Å². The van der Waals surface area contributed by atoms with Gasteiger partial charge in [-0.15, -0.1) is 0 Å². The molecule has 2 unspecified atom stereocenters. The van der Waals surface area contributed by atoms with Gasteiger partial charge in [0.25, 0.3) is 0 Å². The molecule has 0 aliphatic heterocycles. The van der Waals surface area contributed by atoms with Gasteiger partial charge >= 0.3 is 0 Å². The molecular weight excluding hydrogens is 136 g/mol. The molecule has 0 fully saturated rings. The molecule has 0 spiro atoms. The maximum atomic E-state index is 10.3. The van der Waals surface area contributed by atoms with Gasteiger partial charge in [-0.05, 0) is 6.92 Å². The molecule has 2 atom stereocenters. The van der Waals surface area contributed by atoms with Crippen molar-refractivity contribution in [1.29, 1.82) is 0 Å². The quantitative estimate of drug-likeness (QED) is 0.536. The summed E-state index contributed by atoms with van der Waals surface area (Å²) in [5.74, 6) is 0. The van der Waals surface area contributed by atoms with E-state index in [0.717, 1.165) is 0 Å². The molecule has 0 saturated carbocycles. The summed E-state index contributed by atoms with van der Waals surface area (Å²) in [6, 6.07) is 0. The lowest BCUT2D eigenvalue weighted by Gasteiger charge is -2.07. The highest BCUT2D eigenvalue weighted by atomic mass is 16.5. The molecule has 4 heteroatoms. The van der Waals surface area contributed by atoms with Gasteiger partial charge in [0.2, 0.25) is 0 Å². The van der Waals surface area contributed by atoms with E-state index >= 15 is 0 Å². The van der Waals surface area contributed by atoms with Crippen LogP contribution in [-0.4, -0.2) is 42.2 Å². The molecule has 0 aliphatic rings. The van der Waals surface area contributed by atoms with Crippen LogP contribution in [0, 0.1) is 0 Å². The van der Waals surface area contributed by atoms with Crippen LogP contribution < -0.4 is 0 Å². The Kier molecular flexibility index (Phi) is 5.52. The number of aliphatic hydroxyl groups excluding tert-OH is 2. The van der Waals surface area contributed by atoms with Gasteiger partial charge in [-0.3, -0.25) is 0 Å². The average Bonchev–Trinajstić information content (AvgIpc) is 1.87. The lowest BCUT2D eigenvalue weighted by Crippen LogP contribution is -2.22. The van der Waals surface area contributed by atoms with Crippen molar-refractivity contribution in [1.82, 2.24) is 0 Å². The second-order valence-corrected chi connectivity index (χ2v) is 2.18. The Labute approximate surface area is 60.1 Å². The molecule has 0 bridgehead atoms. The van der Waals surface area contributed by atoms with Crippen molar-refractivity contribution in [2.45, 2.75) is 19.1 Å². The summed E-state index contributed by atoms with van der Waals surface area (Å²) in [4.78, 5) is 0. The van der Waals surface area contributed by atoms with E-state index in [2.05, 4.69) is 0 Å². The zero-order valence-corrected chi connectivity index (χ0v) is 5.99. The van der Waals surface area contributed by atoms with Crippen molar-refractivity contribution < 1.29 is 20.1 Å². The van der Waals surface area contributed by atoms with E-state index in [0.29, 0.717) is 0 Å². The van der Waals surface area contributed by atoms with E-state index in [1.165, 1.54) is 6.92 Å². The Morgan fingerprint density at radius 2 is 2.10 bits per heavy atom. The molecule has 4 nitrogen and oxygen atoms in total. The molecular formula is C6H13O4. The maximum absolute atomic E-state index is 10.3. The zero-order chi connectivity index (χ0) is 7.98. The molecule has 61 valence electrons. The molecule has 0 aromatic heterocycles. The molecule has 10 heavy (non-hydrogen) atoms. The van der Waals surface area contributed by atoms with Gasteiger partial charge < -0.3 is 14.9 Å². The third kappa shape index (κ3) is 5.97. The molecule has 0 heterocycles. The lowest BCUT2D eigenvalue weighted by molar-refractivity contribution is -0.0363. The Hall–Kier alpha value is -0.160. The SMILES string of the molecule is CC([O])COCC(O)CO. The number of ether oxygens (including phenoxy) is 1. The predicted octanol–water partition coefficient (Wildman–Crippen LogP) is -0.825. The third-order valence-electron chi connectivity index (χ3n) is 0.874. The lowest BCUT2D eigenvalue weighted by atomic mass is 10.4. The van der Waals surface area contributed by atoms with Crippen LogP contribution in [-0.2, 0) is 9.84 Å². The zero-order valence-electron chi connectivity index (χ0n) is 5.99. The predicted molar refractivity (Wildman–Crippen MR) is 34.1 cm³/mol. The molecule has 1 radical (unpaired) electrons. The molecule has 2 N–H and O–H groups in total. The van der Waals surface area contributed by atoms with Crippen LogP contribution >= 0.6 is 0 Å². The minimum Gasteiger partial charge on any atom is -0.394 e. The van der Waals surface area contributed by atoms with Crippen molar-refractivity contribution in [3.63, 3.8) is 0 Å². The smallest absolute Gasteiger partial charge is 0.113 e. The minimum atomic E-state index is -0.862. The van der Waals surface area contributed by atoms with Gasteiger partial charge in [0, 0.05) is 0 Å². The van der Waals surface area contributed by atoms with Crippen LogP contribution in [0.15, 0.2) is 0 Å². The fraction of sp³-hybridized carbons (Fsp3) is 1.00. The first kappa shape index (κ1) is 9.84. The first-order valence-electron chi connectivity index (χ1n) is 3.19. The standard InChI is InChI=1S/C6H13O4/c1-5(8)3-10-4-6(9)2-7/h5-7,9H,2-4H2,1H3. The van der Waals surface area contributed by atoms with Crippen LogP contribution in [0.5, 0.6) is 0 Å². The van der Waals surface area contributed by atoms with E-state index in [9.17, 15) is 5.11 Å². The fourth-order valence-corrected chi connectivity index (χ4v) is 0.423.